The van der Waals surface area contributed by atoms with Crippen LogP contribution in [-0.4, -0.2) is 11.4 Å². The fourth-order valence-electron chi connectivity index (χ4n) is 4.11. The summed E-state index contributed by atoms with van der Waals surface area (Å²) in [6, 6.07) is 4.60. The summed E-state index contributed by atoms with van der Waals surface area (Å²) in [7, 11) is 0. The monoisotopic (exact) mass is 311 g/mol. The molecule has 23 heavy (non-hydrogen) atoms. The number of rotatable bonds is 5. The lowest BCUT2D eigenvalue weighted by Gasteiger charge is -2.26. The van der Waals surface area contributed by atoms with E-state index in [2.05, 4.69) is 52.1 Å². The molecule has 1 amide bonds. The summed E-state index contributed by atoms with van der Waals surface area (Å²) in [6.07, 6.45) is 5.46. The summed E-state index contributed by atoms with van der Waals surface area (Å²) < 4.78 is 0. The van der Waals surface area contributed by atoms with Crippen molar-refractivity contribution in [3.05, 3.63) is 40.0 Å². The molecule has 1 aliphatic carbocycles. The molecule has 124 valence electrons. The average Bonchev–Trinajstić information content (AvgIpc) is 3.36. The van der Waals surface area contributed by atoms with Gasteiger partial charge in [-0.2, -0.15) is 0 Å². The van der Waals surface area contributed by atoms with E-state index in [-0.39, 0.29) is 11.4 Å². The summed E-state index contributed by atoms with van der Waals surface area (Å²) in [6.45, 7) is 11.0. The topological polar surface area (TPSA) is 29.1 Å². The molecule has 1 unspecified atom stereocenters. The first-order valence-corrected chi connectivity index (χ1v) is 9.15. The number of benzene rings is 1. The fourth-order valence-corrected chi connectivity index (χ4v) is 4.11. The van der Waals surface area contributed by atoms with Crippen LogP contribution in [0, 0.1) is 5.92 Å². The van der Waals surface area contributed by atoms with E-state index in [9.17, 15) is 4.79 Å². The van der Waals surface area contributed by atoms with E-state index in [1.807, 2.05) is 0 Å². The van der Waals surface area contributed by atoms with Crippen molar-refractivity contribution in [1.82, 2.24) is 5.32 Å². The molecule has 1 aromatic carbocycles. The van der Waals surface area contributed by atoms with Crippen molar-refractivity contribution >= 4 is 11.5 Å². The van der Waals surface area contributed by atoms with Gasteiger partial charge in [0.2, 0.25) is 0 Å². The lowest BCUT2D eigenvalue weighted by atomic mass is 9.83. The minimum absolute atomic E-state index is 0.130. The molecule has 0 spiro atoms. The number of carbonyl (C=O) groups excluding carboxylic acids is 1. The number of aryl methyl sites for hydroxylation is 3. The van der Waals surface area contributed by atoms with Crippen LogP contribution in [0.1, 0.15) is 69.7 Å². The SMILES string of the molecule is CCc1cc(CC)c(C2=C(C)C(C)(C3CC3)NC2=O)c(CC)c1. The predicted molar refractivity (Wildman–Crippen MR) is 96.4 cm³/mol. The van der Waals surface area contributed by atoms with Gasteiger partial charge in [0.25, 0.3) is 5.91 Å². The van der Waals surface area contributed by atoms with E-state index in [0.717, 1.165) is 24.8 Å². The zero-order valence-electron chi connectivity index (χ0n) is 15.2. The highest BCUT2D eigenvalue weighted by atomic mass is 16.2. The Labute approximate surface area is 140 Å². The van der Waals surface area contributed by atoms with E-state index in [1.165, 1.54) is 40.7 Å². The number of carbonyl (C=O) groups is 1. The number of amides is 1. The molecule has 3 rings (SSSR count). The van der Waals surface area contributed by atoms with Gasteiger partial charge in [-0.15, -0.1) is 0 Å². The van der Waals surface area contributed by atoms with Gasteiger partial charge in [-0.1, -0.05) is 32.9 Å². The normalized spacial score (nSPS) is 24.3. The molecule has 1 aliphatic heterocycles. The molecule has 1 atom stereocenters. The van der Waals surface area contributed by atoms with Gasteiger partial charge < -0.3 is 5.32 Å². The maximum absolute atomic E-state index is 12.9. The summed E-state index contributed by atoms with van der Waals surface area (Å²) >= 11 is 0. The predicted octanol–water partition coefficient (Wildman–Crippen LogP) is 4.45. The largest absolute Gasteiger partial charge is 0.343 e. The maximum atomic E-state index is 12.9. The Bertz CT molecular complexity index is 656. The molecule has 1 N–H and O–H groups in total. The zero-order chi connectivity index (χ0) is 16.8. The maximum Gasteiger partial charge on any atom is 0.252 e. The lowest BCUT2D eigenvalue weighted by Crippen LogP contribution is -2.43. The second-order valence-electron chi connectivity index (χ2n) is 7.28. The van der Waals surface area contributed by atoms with Crippen molar-refractivity contribution in [3.63, 3.8) is 0 Å². The van der Waals surface area contributed by atoms with E-state index < -0.39 is 0 Å². The molecule has 0 aromatic heterocycles. The van der Waals surface area contributed by atoms with Crippen LogP contribution < -0.4 is 5.32 Å². The summed E-state index contributed by atoms with van der Waals surface area (Å²) in [5.41, 5.74) is 7.31. The first-order valence-electron chi connectivity index (χ1n) is 9.15. The Morgan fingerprint density at radius 1 is 1.09 bits per heavy atom. The van der Waals surface area contributed by atoms with E-state index in [4.69, 9.17) is 0 Å². The van der Waals surface area contributed by atoms with Gasteiger partial charge in [0.1, 0.15) is 0 Å². The minimum atomic E-state index is -0.133. The van der Waals surface area contributed by atoms with Crippen LogP contribution >= 0.6 is 0 Å². The Morgan fingerprint density at radius 3 is 2.09 bits per heavy atom. The third-order valence-corrected chi connectivity index (χ3v) is 5.93. The summed E-state index contributed by atoms with van der Waals surface area (Å²) in [5.74, 6) is 0.750. The van der Waals surface area contributed by atoms with Crippen LogP contribution in [0.2, 0.25) is 0 Å². The zero-order valence-corrected chi connectivity index (χ0v) is 15.2. The molecule has 1 saturated carbocycles. The first kappa shape index (κ1) is 16.3. The number of hydrogen-bond donors (Lipinski definition) is 1. The standard InChI is InChI=1S/C21H29NO/c1-6-14-11-15(7-2)19(16(8-3)12-14)18-13(4)21(5,17-9-10-17)22-20(18)23/h11-12,17H,6-10H2,1-5H3,(H,22,23). The van der Waals surface area contributed by atoms with Crippen LogP contribution in [0.25, 0.3) is 5.57 Å². The number of hydrogen-bond acceptors (Lipinski definition) is 1. The smallest absolute Gasteiger partial charge is 0.252 e. The molecule has 1 fully saturated rings. The molecular formula is C21H29NO. The molecule has 2 heteroatoms. The lowest BCUT2D eigenvalue weighted by molar-refractivity contribution is -0.116. The van der Waals surface area contributed by atoms with Crippen molar-refractivity contribution in [3.8, 4) is 0 Å². The second-order valence-corrected chi connectivity index (χ2v) is 7.28. The minimum Gasteiger partial charge on any atom is -0.343 e. The highest BCUT2D eigenvalue weighted by molar-refractivity contribution is 6.24. The Kier molecular flexibility index (Phi) is 4.12. The van der Waals surface area contributed by atoms with Crippen molar-refractivity contribution in [1.29, 1.82) is 0 Å². The molecule has 0 saturated heterocycles. The number of nitrogens with one attached hydrogen (secondary N) is 1. The molecular weight excluding hydrogens is 282 g/mol. The second kappa shape index (κ2) is 5.81. The molecule has 2 aliphatic rings. The van der Waals surface area contributed by atoms with Gasteiger partial charge in [-0.3, -0.25) is 4.79 Å². The van der Waals surface area contributed by atoms with Gasteiger partial charge in [-0.05, 0) is 79.7 Å². The average molecular weight is 311 g/mol. The molecule has 2 nitrogen and oxygen atoms in total. The summed E-state index contributed by atoms with van der Waals surface area (Å²) in [5, 5.41) is 3.31. The molecule has 1 aromatic rings. The van der Waals surface area contributed by atoms with Crippen LogP contribution in [0.3, 0.4) is 0 Å². The van der Waals surface area contributed by atoms with Crippen LogP contribution in [0.4, 0.5) is 0 Å². The third-order valence-electron chi connectivity index (χ3n) is 5.93. The Balaban J connectivity index is 2.21. The fraction of sp³-hybridized carbons (Fsp3) is 0.571. The van der Waals surface area contributed by atoms with Crippen LogP contribution in [0.5, 0.6) is 0 Å². The Hall–Kier alpha value is -1.57. The van der Waals surface area contributed by atoms with E-state index in [1.54, 1.807) is 0 Å². The molecule has 0 radical (unpaired) electrons. The Morgan fingerprint density at radius 2 is 1.65 bits per heavy atom. The quantitative estimate of drug-likeness (QED) is 0.855. The van der Waals surface area contributed by atoms with Gasteiger partial charge in [0.15, 0.2) is 0 Å². The van der Waals surface area contributed by atoms with Crippen molar-refractivity contribution < 1.29 is 4.79 Å². The van der Waals surface area contributed by atoms with Crippen molar-refractivity contribution in [2.75, 3.05) is 0 Å². The first-order chi connectivity index (χ1) is 11.0. The van der Waals surface area contributed by atoms with E-state index >= 15 is 0 Å². The molecule has 0 bridgehead atoms. The van der Waals surface area contributed by atoms with Crippen LogP contribution in [-0.2, 0) is 24.1 Å². The van der Waals surface area contributed by atoms with Gasteiger partial charge in [0, 0.05) is 5.57 Å². The summed E-state index contributed by atoms with van der Waals surface area (Å²) in [4.78, 5) is 12.9. The van der Waals surface area contributed by atoms with Gasteiger partial charge in [-0.25, -0.2) is 0 Å². The van der Waals surface area contributed by atoms with Crippen LogP contribution in [0.15, 0.2) is 17.7 Å². The highest BCUT2D eigenvalue weighted by Crippen LogP contribution is 2.48. The van der Waals surface area contributed by atoms with Crippen molar-refractivity contribution in [2.24, 2.45) is 5.92 Å². The van der Waals surface area contributed by atoms with Crippen molar-refractivity contribution in [2.45, 2.75) is 72.3 Å². The highest BCUT2D eigenvalue weighted by Gasteiger charge is 2.49. The van der Waals surface area contributed by atoms with E-state index in [0.29, 0.717) is 5.92 Å². The third kappa shape index (κ3) is 2.52. The molecule has 1 heterocycles. The van der Waals surface area contributed by atoms with Gasteiger partial charge >= 0.3 is 0 Å². The van der Waals surface area contributed by atoms with Gasteiger partial charge in [0.05, 0.1) is 5.54 Å².